The van der Waals surface area contributed by atoms with Crippen LogP contribution in [0, 0.1) is 0 Å². The molecule has 0 aliphatic rings. The third kappa shape index (κ3) is 17.9. The first-order valence-corrected chi connectivity index (χ1v) is 1.71. The minimum Gasteiger partial charge on any atom is -0.394 e. The minimum absolute atomic E-state index is 0. The predicted molar refractivity (Wildman–Crippen MR) is 42.8 cm³/mol. The summed E-state index contributed by atoms with van der Waals surface area (Å²) in [5.74, 6) is 0. The normalized spacial score (nSPS) is 6.67. The molecular formula is C3H11Na2O3P. The van der Waals surface area contributed by atoms with Crippen molar-refractivity contribution in [3.05, 3.63) is 0 Å². The second-order valence-electron chi connectivity index (χ2n) is 1.02. The number of hydrogen-bond acceptors (Lipinski definition) is 3. The number of rotatable bonds is 2. The van der Waals surface area contributed by atoms with Crippen LogP contribution in [-0.4, -0.2) is 93.8 Å². The minimum atomic E-state index is -0.954. The van der Waals surface area contributed by atoms with Gasteiger partial charge in [-0.3, -0.25) is 0 Å². The van der Waals surface area contributed by atoms with Gasteiger partial charge in [0.15, 0.2) is 0 Å². The summed E-state index contributed by atoms with van der Waals surface area (Å²) in [6.07, 6.45) is -0.954. The molecule has 0 aromatic rings. The van der Waals surface area contributed by atoms with E-state index in [1.807, 2.05) is 0 Å². The predicted octanol–water partition coefficient (Wildman–Crippen LogP) is -2.37. The van der Waals surface area contributed by atoms with Crippen molar-refractivity contribution in [1.82, 2.24) is 0 Å². The topological polar surface area (TPSA) is 60.7 Å². The van der Waals surface area contributed by atoms with Gasteiger partial charge in [-0.2, -0.15) is 9.90 Å². The first-order chi connectivity index (χ1) is 2.81. The van der Waals surface area contributed by atoms with Crippen LogP contribution in [0.25, 0.3) is 0 Å². The van der Waals surface area contributed by atoms with Gasteiger partial charge in [0.2, 0.25) is 0 Å². The van der Waals surface area contributed by atoms with E-state index in [9.17, 15) is 0 Å². The Morgan fingerprint density at radius 2 is 1.22 bits per heavy atom. The first kappa shape index (κ1) is 22.5. The molecule has 2 radical (unpaired) electrons. The smallest absolute Gasteiger partial charge is 0.100 e. The largest absolute Gasteiger partial charge is 0.394 e. The zero-order valence-electron chi connectivity index (χ0n) is 6.04. The van der Waals surface area contributed by atoms with Gasteiger partial charge in [-0.05, 0) is 0 Å². The summed E-state index contributed by atoms with van der Waals surface area (Å²) in [4.78, 5) is 0. The second kappa shape index (κ2) is 16.7. The van der Waals surface area contributed by atoms with Crippen LogP contribution < -0.4 is 0 Å². The zero-order valence-corrected chi connectivity index (χ0v) is 11.5. The molecule has 9 heavy (non-hydrogen) atoms. The summed E-state index contributed by atoms with van der Waals surface area (Å²) in [5.41, 5.74) is 0. The van der Waals surface area contributed by atoms with Crippen molar-refractivity contribution in [1.29, 1.82) is 0 Å². The second-order valence-corrected chi connectivity index (χ2v) is 1.02. The van der Waals surface area contributed by atoms with Crippen LogP contribution in [0.2, 0.25) is 0 Å². The maximum absolute atomic E-state index is 8.17. The molecule has 0 amide bonds. The van der Waals surface area contributed by atoms with E-state index in [1.54, 1.807) is 0 Å². The van der Waals surface area contributed by atoms with Crippen molar-refractivity contribution in [3.63, 3.8) is 0 Å². The molecule has 0 aliphatic heterocycles. The average molecular weight is 172 g/mol. The van der Waals surface area contributed by atoms with Crippen molar-refractivity contribution in [2.45, 2.75) is 6.10 Å². The maximum atomic E-state index is 8.17. The molecule has 0 aromatic heterocycles. The van der Waals surface area contributed by atoms with E-state index >= 15 is 0 Å². The Hall–Kier alpha value is 2.31. The van der Waals surface area contributed by atoms with E-state index < -0.39 is 6.10 Å². The molecule has 0 saturated heterocycles. The van der Waals surface area contributed by atoms with Crippen LogP contribution in [0.5, 0.6) is 0 Å². The fourth-order valence-electron chi connectivity index (χ4n) is 0.0577. The van der Waals surface area contributed by atoms with Gasteiger partial charge in [0, 0.05) is 59.1 Å². The number of hydrogen-bond donors (Lipinski definition) is 3. The molecule has 0 saturated carbocycles. The van der Waals surface area contributed by atoms with Gasteiger partial charge in [-0.25, -0.2) is 0 Å². The first-order valence-electron chi connectivity index (χ1n) is 1.71. The SMILES string of the molecule is OCC(O)CO.P.[Na].[Na]. The molecule has 0 rings (SSSR count). The van der Waals surface area contributed by atoms with Gasteiger partial charge in [-0.1, -0.05) is 0 Å². The van der Waals surface area contributed by atoms with E-state index in [4.69, 9.17) is 15.3 Å². The van der Waals surface area contributed by atoms with E-state index in [2.05, 4.69) is 0 Å². The maximum Gasteiger partial charge on any atom is 0.100 e. The molecular weight excluding hydrogens is 161 g/mol. The van der Waals surface area contributed by atoms with Crippen molar-refractivity contribution in [2.75, 3.05) is 13.2 Å². The van der Waals surface area contributed by atoms with Gasteiger partial charge >= 0.3 is 0 Å². The molecule has 0 spiro atoms. The molecule has 0 heterocycles. The molecule has 1 unspecified atom stereocenters. The summed E-state index contributed by atoms with van der Waals surface area (Å²) in [6.45, 7) is -0.729. The Labute approximate surface area is 102 Å². The van der Waals surface area contributed by atoms with Gasteiger partial charge in [-0.15, -0.1) is 0 Å². The summed E-state index contributed by atoms with van der Waals surface area (Å²) in [5, 5.41) is 24.0. The Balaban J connectivity index is -0.0000000417. The van der Waals surface area contributed by atoms with Crippen LogP contribution in [0.1, 0.15) is 0 Å². The molecule has 1 atom stereocenters. The van der Waals surface area contributed by atoms with Gasteiger partial charge in [0.1, 0.15) is 6.10 Å². The summed E-state index contributed by atoms with van der Waals surface area (Å²) < 4.78 is 0. The van der Waals surface area contributed by atoms with Crippen LogP contribution in [0.4, 0.5) is 0 Å². The standard InChI is InChI=1S/C3H8O3.2Na.H3P/c4-1-3(6)2-5;;;/h3-6H,1-2H2;;;1H3. The molecule has 3 nitrogen and oxygen atoms in total. The number of aliphatic hydroxyl groups excluding tert-OH is 3. The molecule has 3 N–H and O–H groups in total. The summed E-state index contributed by atoms with van der Waals surface area (Å²) in [6, 6.07) is 0. The summed E-state index contributed by atoms with van der Waals surface area (Å²) >= 11 is 0. The molecule has 0 aliphatic carbocycles. The van der Waals surface area contributed by atoms with Gasteiger partial charge in [0.25, 0.3) is 0 Å². The molecule has 6 heteroatoms. The van der Waals surface area contributed by atoms with E-state index in [1.165, 1.54) is 0 Å². The fourth-order valence-corrected chi connectivity index (χ4v) is 0.0577. The van der Waals surface area contributed by atoms with E-state index in [0.717, 1.165) is 0 Å². The Morgan fingerprint density at radius 1 is 1.00 bits per heavy atom. The Morgan fingerprint density at radius 3 is 1.22 bits per heavy atom. The zero-order chi connectivity index (χ0) is 4.99. The Bertz CT molecular complexity index is 36.2. The van der Waals surface area contributed by atoms with Crippen molar-refractivity contribution >= 4 is 69.0 Å². The van der Waals surface area contributed by atoms with Crippen LogP contribution in [-0.2, 0) is 0 Å². The summed E-state index contributed by atoms with van der Waals surface area (Å²) in [7, 11) is 0. The monoisotopic (exact) mass is 172 g/mol. The third-order valence-electron chi connectivity index (χ3n) is 0.421. The Kier molecular flexibility index (Phi) is 41.8. The van der Waals surface area contributed by atoms with E-state index in [-0.39, 0.29) is 82.2 Å². The third-order valence-corrected chi connectivity index (χ3v) is 0.421. The molecule has 0 aromatic carbocycles. The molecule has 0 bridgehead atoms. The van der Waals surface area contributed by atoms with Crippen molar-refractivity contribution in [3.8, 4) is 0 Å². The average Bonchev–Trinajstić information content (AvgIpc) is 1.65. The van der Waals surface area contributed by atoms with Crippen LogP contribution >= 0.6 is 9.90 Å². The number of aliphatic hydroxyl groups is 3. The van der Waals surface area contributed by atoms with Crippen molar-refractivity contribution in [2.24, 2.45) is 0 Å². The van der Waals surface area contributed by atoms with Crippen LogP contribution in [0.15, 0.2) is 0 Å². The van der Waals surface area contributed by atoms with Crippen molar-refractivity contribution < 1.29 is 15.3 Å². The fraction of sp³-hybridized carbons (Fsp3) is 1.00. The molecule has 48 valence electrons. The quantitative estimate of drug-likeness (QED) is 0.322. The van der Waals surface area contributed by atoms with E-state index in [0.29, 0.717) is 0 Å². The van der Waals surface area contributed by atoms with Gasteiger partial charge < -0.3 is 15.3 Å². The molecule has 0 fully saturated rings. The van der Waals surface area contributed by atoms with Crippen LogP contribution in [0.3, 0.4) is 0 Å². The van der Waals surface area contributed by atoms with Gasteiger partial charge in [0.05, 0.1) is 13.2 Å².